The Hall–Kier alpha value is -0.120. The van der Waals surface area contributed by atoms with Gasteiger partial charge in [-0.05, 0) is 51.6 Å². The first-order chi connectivity index (χ1) is 9.38. The predicted molar refractivity (Wildman–Crippen MR) is 78.4 cm³/mol. The maximum absolute atomic E-state index is 5.97. The molecule has 3 nitrogen and oxygen atoms in total. The lowest BCUT2D eigenvalue weighted by Crippen LogP contribution is -2.53. The minimum atomic E-state index is 0.547. The molecule has 3 aliphatic rings. The van der Waals surface area contributed by atoms with Crippen molar-refractivity contribution in [2.45, 2.75) is 69.6 Å². The van der Waals surface area contributed by atoms with Crippen molar-refractivity contribution in [3.05, 3.63) is 0 Å². The molecule has 2 aliphatic carbocycles. The van der Waals surface area contributed by atoms with Crippen molar-refractivity contribution in [1.82, 2.24) is 10.2 Å². The monoisotopic (exact) mass is 266 g/mol. The zero-order chi connectivity index (χ0) is 13.1. The van der Waals surface area contributed by atoms with E-state index in [2.05, 4.69) is 17.3 Å². The molecular formula is C16H30N2O. The van der Waals surface area contributed by atoms with Crippen LogP contribution in [0, 0.1) is 5.92 Å². The molecule has 0 aromatic heterocycles. The van der Waals surface area contributed by atoms with E-state index in [1.807, 2.05) is 0 Å². The second-order valence-corrected chi connectivity index (χ2v) is 6.67. The normalized spacial score (nSPS) is 40.3. The van der Waals surface area contributed by atoms with Crippen LogP contribution < -0.4 is 5.32 Å². The third-order valence-corrected chi connectivity index (χ3v) is 5.66. The summed E-state index contributed by atoms with van der Waals surface area (Å²) in [5.41, 5.74) is 0. The number of ether oxygens (including phenoxy) is 1. The van der Waals surface area contributed by atoms with Gasteiger partial charge in [-0.15, -0.1) is 0 Å². The summed E-state index contributed by atoms with van der Waals surface area (Å²) in [4.78, 5) is 2.75. The Morgan fingerprint density at radius 2 is 2.00 bits per heavy atom. The minimum Gasteiger partial charge on any atom is -0.375 e. The number of rotatable bonds is 4. The molecule has 3 rings (SSSR count). The highest BCUT2D eigenvalue weighted by atomic mass is 16.5. The molecule has 0 aromatic rings. The first-order valence-electron chi connectivity index (χ1n) is 8.41. The topological polar surface area (TPSA) is 24.5 Å². The highest BCUT2D eigenvalue weighted by molar-refractivity contribution is 4.89. The molecule has 0 radical (unpaired) electrons. The number of hydrogen-bond donors (Lipinski definition) is 1. The molecule has 1 N–H and O–H groups in total. The number of nitrogens with one attached hydrogen (secondary N) is 1. The molecule has 4 atom stereocenters. The van der Waals surface area contributed by atoms with E-state index in [9.17, 15) is 0 Å². The molecule has 110 valence electrons. The van der Waals surface area contributed by atoms with Crippen molar-refractivity contribution in [2.24, 2.45) is 5.92 Å². The second kappa shape index (κ2) is 6.55. The largest absolute Gasteiger partial charge is 0.375 e. The fourth-order valence-electron chi connectivity index (χ4n) is 4.55. The molecule has 3 heteroatoms. The van der Waals surface area contributed by atoms with Gasteiger partial charge < -0.3 is 10.1 Å². The molecular weight excluding hydrogens is 236 g/mol. The standard InChI is InChI=1S/C16H30N2O/c1-17-14-6-4-5-13(14)9-10-18-11-12-19-16-8-3-2-7-15(16)18/h13-17H,2-12H2,1H3. The van der Waals surface area contributed by atoms with Crippen LogP contribution in [0.2, 0.25) is 0 Å². The van der Waals surface area contributed by atoms with Gasteiger partial charge in [0, 0.05) is 18.6 Å². The Morgan fingerprint density at radius 1 is 1.11 bits per heavy atom. The van der Waals surface area contributed by atoms with Gasteiger partial charge in [0.15, 0.2) is 0 Å². The Bertz CT molecular complexity index is 282. The van der Waals surface area contributed by atoms with Gasteiger partial charge in [0.25, 0.3) is 0 Å². The third kappa shape index (κ3) is 3.14. The quantitative estimate of drug-likeness (QED) is 0.845. The smallest absolute Gasteiger partial charge is 0.0730 e. The molecule has 0 amide bonds. The summed E-state index contributed by atoms with van der Waals surface area (Å²) in [7, 11) is 2.13. The lowest BCUT2D eigenvalue weighted by atomic mass is 9.89. The number of fused-ring (bicyclic) bond motifs is 1. The van der Waals surface area contributed by atoms with Crippen molar-refractivity contribution in [1.29, 1.82) is 0 Å². The van der Waals surface area contributed by atoms with Gasteiger partial charge in [0.05, 0.1) is 12.7 Å². The maximum Gasteiger partial charge on any atom is 0.0730 e. The van der Waals surface area contributed by atoms with Gasteiger partial charge in [-0.1, -0.05) is 19.3 Å². The SMILES string of the molecule is CNC1CCCC1CCN1CCOC2CCCCC21. The van der Waals surface area contributed by atoms with E-state index in [4.69, 9.17) is 4.74 Å². The van der Waals surface area contributed by atoms with Crippen molar-refractivity contribution in [3.8, 4) is 0 Å². The maximum atomic E-state index is 5.97. The van der Waals surface area contributed by atoms with Gasteiger partial charge in [0.2, 0.25) is 0 Å². The Kier molecular flexibility index (Phi) is 4.78. The predicted octanol–water partition coefficient (Wildman–Crippen LogP) is 2.41. The van der Waals surface area contributed by atoms with Crippen LogP contribution in [0.15, 0.2) is 0 Å². The van der Waals surface area contributed by atoms with Crippen LogP contribution in [-0.2, 0) is 4.74 Å². The lowest BCUT2D eigenvalue weighted by molar-refractivity contribution is -0.0892. The minimum absolute atomic E-state index is 0.547. The number of morpholine rings is 1. The van der Waals surface area contributed by atoms with Gasteiger partial charge in [0.1, 0.15) is 0 Å². The van der Waals surface area contributed by atoms with Gasteiger partial charge in [-0.25, -0.2) is 0 Å². The average Bonchev–Trinajstić information content (AvgIpc) is 2.92. The summed E-state index contributed by atoms with van der Waals surface area (Å²) < 4.78 is 5.97. The zero-order valence-electron chi connectivity index (χ0n) is 12.4. The van der Waals surface area contributed by atoms with E-state index in [-0.39, 0.29) is 0 Å². The van der Waals surface area contributed by atoms with Crippen molar-refractivity contribution in [3.63, 3.8) is 0 Å². The Morgan fingerprint density at radius 3 is 2.89 bits per heavy atom. The summed E-state index contributed by atoms with van der Waals surface area (Å²) in [6.45, 7) is 3.42. The summed E-state index contributed by atoms with van der Waals surface area (Å²) in [5.74, 6) is 0.912. The summed E-state index contributed by atoms with van der Waals surface area (Å²) in [6, 6.07) is 1.51. The molecule has 19 heavy (non-hydrogen) atoms. The fraction of sp³-hybridized carbons (Fsp3) is 1.00. The van der Waals surface area contributed by atoms with Crippen LogP contribution >= 0.6 is 0 Å². The number of nitrogens with zero attached hydrogens (tertiary/aromatic N) is 1. The summed E-state index contributed by atoms with van der Waals surface area (Å²) in [6.07, 6.45) is 11.6. The average molecular weight is 266 g/mol. The molecule has 1 saturated heterocycles. The molecule has 4 unspecified atom stereocenters. The number of hydrogen-bond acceptors (Lipinski definition) is 3. The van der Waals surface area contributed by atoms with E-state index >= 15 is 0 Å². The Labute approximate surface area is 118 Å². The van der Waals surface area contributed by atoms with E-state index in [0.717, 1.165) is 31.2 Å². The van der Waals surface area contributed by atoms with Crippen LogP contribution in [0.1, 0.15) is 51.4 Å². The highest BCUT2D eigenvalue weighted by Gasteiger charge is 2.35. The van der Waals surface area contributed by atoms with E-state index in [1.54, 1.807) is 0 Å². The molecule has 1 aliphatic heterocycles. The summed E-state index contributed by atoms with van der Waals surface area (Å²) in [5, 5.41) is 3.51. The highest BCUT2D eigenvalue weighted by Crippen LogP contribution is 2.31. The van der Waals surface area contributed by atoms with Crippen LogP contribution in [0.25, 0.3) is 0 Å². The van der Waals surface area contributed by atoms with E-state index in [1.165, 1.54) is 57.9 Å². The van der Waals surface area contributed by atoms with Crippen molar-refractivity contribution >= 4 is 0 Å². The second-order valence-electron chi connectivity index (χ2n) is 6.67. The van der Waals surface area contributed by atoms with Gasteiger partial charge in [-0.2, -0.15) is 0 Å². The van der Waals surface area contributed by atoms with Crippen molar-refractivity contribution in [2.75, 3.05) is 26.7 Å². The summed E-state index contributed by atoms with van der Waals surface area (Å²) >= 11 is 0. The first-order valence-corrected chi connectivity index (χ1v) is 8.41. The van der Waals surface area contributed by atoms with Gasteiger partial charge >= 0.3 is 0 Å². The molecule has 0 spiro atoms. The van der Waals surface area contributed by atoms with E-state index in [0.29, 0.717) is 6.10 Å². The van der Waals surface area contributed by atoms with Crippen LogP contribution in [0.5, 0.6) is 0 Å². The van der Waals surface area contributed by atoms with E-state index < -0.39 is 0 Å². The van der Waals surface area contributed by atoms with Gasteiger partial charge in [-0.3, -0.25) is 4.90 Å². The molecule has 3 fully saturated rings. The fourth-order valence-corrected chi connectivity index (χ4v) is 4.55. The van der Waals surface area contributed by atoms with Crippen molar-refractivity contribution < 1.29 is 4.74 Å². The molecule has 0 aromatic carbocycles. The zero-order valence-corrected chi connectivity index (χ0v) is 12.4. The third-order valence-electron chi connectivity index (χ3n) is 5.66. The van der Waals surface area contributed by atoms with Crippen LogP contribution in [0.3, 0.4) is 0 Å². The molecule has 2 saturated carbocycles. The molecule has 1 heterocycles. The van der Waals surface area contributed by atoms with Crippen LogP contribution in [-0.4, -0.2) is 49.8 Å². The lowest BCUT2D eigenvalue weighted by Gasteiger charge is -2.44. The first kappa shape index (κ1) is 13.8. The molecule has 0 bridgehead atoms. The Balaban J connectivity index is 1.51. The van der Waals surface area contributed by atoms with Crippen LogP contribution in [0.4, 0.5) is 0 Å².